The minimum Gasteiger partial charge on any atom is -0.310 e. The topological polar surface area (TPSA) is 54.1 Å². The molecule has 0 bridgehead atoms. The first-order chi connectivity index (χ1) is 33.3. The van der Waals surface area contributed by atoms with Crippen molar-refractivity contribution in [3.8, 4) is 34.4 Å². The van der Waals surface area contributed by atoms with Gasteiger partial charge in [0.05, 0.1) is 31.3 Å². The summed E-state index contributed by atoms with van der Waals surface area (Å²) in [4.78, 5) is 4.63. The van der Waals surface area contributed by atoms with Gasteiger partial charge in [0.25, 0.3) is 0 Å². The van der Waals surface area contributed by atoms with Crippen LogP contribution in [0.5, 0.6) is 0 Å². The van der Waals surface area contributed by atoms with Gasteiger partial charge in [0.2, 0.25) is 0 Å². The minimum absolute atomic E-state index is 0.224. The Labute approximate surface area is 417 Å². The Morgan fingerprint density at radius 2 is 0.729 bits per heavy atom. The van der Waals surface area contributed by atoms with Gasteiger partial charge in [0.15, 0.2) is 0 Å². The predicted molar refractivity (Wildman–Crippen MR) is 302 cm³/mol. The van der Waals surface area contributed by atoms with Gasteiger partial charge in [-0.25, -0.2) is 0 Å². The molecule has 8 aromatic rings. The predicted octanol–water partition coefficient (Wildman–Crippen LogP) is 16.2. The van der Waals surface area contributed by atoms with Gasteiger partial charge in [-0.1, -0.05) is 137 Å². The number of fused-ring (bicyclic) bond motifs is 6. The molecule has 2 aliphatic carbocycles. The van der Waals surface area contributed by atoms with Crippen molar-refractivity contribution < 1.29 is 0 Å². The number of nitrogens with zero attached hydrogens (tertiary/aromatic N) is 4. The van der Waals surface area contributed by atoms with E-state index in [-0.39, 0.29) is 10.8 Å². The van der Waals surface area contributed by atoms with E-state index in [2.05, 4.69) is 247 Å². The van der Waals surface area contributed by atoms with Gasteiger partial charge in [0.1, 0.15) is 0 Å². The summed E-state index contributed by atoms with van der Waals surface area (Å²) in [5.41, 5.74) is 20.0. The smallest absolute Gasteiger partial charge is 0.0991 e. The number of hydrogen-bond donors (Lipinski definition) is 0. The summed E-state index contributed by atoms with van der Waals surface area (Å²) in [6.07, 6.45) is 4.53. The van der Waals surface area contributed by atoms with E-state index in [0.29, 0.717) is 11.1 Å². The average Bonchev–Trinajstić information content (AvgIpc) is 3.71. The zero-order valence-electron chi connectivity index (χ0n) is 42.1. The normalized spacial score (nSPS) is 14.0. The molecule has 0 radical (unpaired) electrons. The molecular weight excluding hydrogens is 881 g/mol. The zero-order chi connectivity index (χ0) is 49.3. The molecule has 0 aliphatic heterocycles. The van der Waals surface area contributed by atoms with Crippen LogP contribution in [0.15, 0.2) is 170 Å². The van der Waals surface area contributed by atoms with Gasteiger partial charge >= 0.3 is 0 Å². The van der Waals surface area contributed by atoms with E-state index < -0.39 is 16.1 Å². The van der Waals surface area contributed by atoms with Gasteiger partial charge in [0, 0.05) is 45.0 Å². The van der Waals surface area contributed by atoms with Crippen molar-refractivity contribution in [2.45, 2.75) is 77.8 Å². The molecule has 0 saturated heterocycles. The van der Waals surface area contributed by atoms with Crippen LogP contribution in [0.2, 0.25) is 39.3 Å². The largest absolute Gasteiger partial charge is 0.310 e. The summed E-state index contributed by atoms with van der Waals surface area (Å²) in [7, 11) is -2.96. The SMILES string of the molecule is CC1(C)c2cc(/C=C/c3ccc4c(c3)C(C)(C)c3cc(N(c5ccc(C#N)cc5)c5ccc([Si-](C)(C)C)cc5)ccc3-4)ccc2-c2ccc(N(c3ccc(C#N)cc3)c3ccc([Si](C)(C)C)cc3)cc21. The highest BCUT2D eigenvalue weighted by Crippen LogP contribution is 2.53. The molecule has 0 saturated carbocycles. The second kappa shape index (κ2) is 17.2. The second-order valence-corrected chi connectivity index (χ2v) is 32.4. The lowest BCUT2D eigenvalue weighted by Crippen LogP contribution is -2.37. The van der Waals surface area contributed by atoms with Gasteiger partial charge in [-0.05, 0) is 153 Å². The molecule has 0 fully saturated rings. The molecule has 70 heavy (non-hydrogen) atoms. The van der Waals surface area contributed by atoms with Gasteiger partial charge < -0.3 is 9.80 Å². The van der Waals surface area contributed by atoms with Gasteiger partial charge in [-0.3, -0.25) is 0 Å². The molecule has 10 rings (SSSR count). The highest BCUT2D eigenvalue weighted by molar-refractivity contribution is 6.89. The maximum atomic E-state index is 9.59. The molecule has 8 aromatic carbocycles. The summed E-state index contributed by atoms with van der Waals surface area (Å²) in [5, 5.41) is 22.0. The Kier molecular flexibility index (Phi) is 11.4. The van der Waals surface area contributed by atoms with E-state index in [9.17, 15) is 10.5 Å². The van der Waals surface area contributed by atoms with Crippen LogP contribution < -0.4 is 20.2 Å². The van der Waals surface area contributed by atoms with E-state index in [0.717, 1.165) is 34.1 Å². The molecule has 0 N–H and O–H groups in total. The van der Waals surface area contributed by atoms with Crippen molar-refractivity contribution in [2.75, 3.05) is 9.80 Å². The highest BCUT2D eigenvalue weighted by atomic mass is 28.3. The Morgan fingerprint density at radius 1 is 0.414 bits per heavy atom. The van der Waals surface area contributed by atoms with Crippen molar-refractivity contribution >= 4 is 72.8 Å². The molecule has 345 valence electrons. The molecular formula is C64H60N4Si2-. The Balaban J connectivity index is 0.936. The van der Waals surface area contributed by atoms with Crippen LogP contribution >= 0.6 is 0 Å². The molecule has 0 atom stereocenters. The summed E-state index contributed by atoms with van der Waals surface area (Å²) in [6.45, 7) is 23.7. The van der Waals surface area contributed by atoms with Gasteiger partial charge in [-0.2, -0.15) is 35.4 Å². The lowest BCUT2D eigenvalue weighted by molar-refractivity contribution is 0.660. The van der Waals surface area contributed by atoms with Crippen LogP contribution in [0.4, 0.5) is 34.1 Å². The van der Waals surface area contributed by atoms with Crippen LogP contribution in [0.3, 0.4) is 0 Å². The molecule has 6 heteroatoms. The maximum absolute atomic E-state index is 9.59. The number of benzene rings is 8. The van der Waals surface area contributed by atoms with Crippen LogP contribution in [0.1, 0.15) is 72.2 Å². The molecule has 0 amide bonds. The third-order valence-electron chi connectivity index (χ3n) is 14.8. The van der Waals surface area contributed by atoms with Crippen LogP contribution in [0.25, 0.3) is 34.4 Å². The molecule has 0 unspecified atom stereocenters. The maximum Gasteiger partial charge on any atom is 0.0991 e. The first-order valence-corrected chi connectivity index (χ1v) is 31.4. The van der Waals surface area contributed by atoms with Crippen LogP contribution in [-0.2, 0) is 10.8 Å². The molecule has 0 aromatic heterocycles. The standard InChI is InChI=1S/C64H60N4Si2/c1-63(2)59-37-43(17-33-55(59)57-35-27-51(39-61(57)63)67(47-19-13-45(41-65)14-20-47)49-23-29-53(30-24-49)69(5,6)7)11-12-44-18-34-56-58-36-28-52(40-62(58)64(3,4)60(56)38-44)68(48-21-15-46(42-66)16-22-48)50-25-31-54(32-26-50)70(8,9)10/h11-40H,1-10H3/q-1/b12-11+. The number of anilines is 6. The summed E-state index contributed by atoms with van der Waals surface area (Å²) in [5.74, 6) is 0. The first kappa shape index (κ1) is 46.3. The van der Waals surface area contributed by atoms with Crippen molar-refractivity contribution in [3.05, 3.63) is 214 Å². The van der Waals surface area contributed by atoms with Gasteiger partial charge in [-0.15, -0.1) is 8.07 Å². The highest BCUT2D eigenvalue weighted by Gasteiger charge is 2.38. The van der Waals surface area contributed by atoms with Crippen molar-refractivity contribution in [3.63, 3.8) is 0 Å². The van der Waals surface area contributed by atoms with E-state index in [1.54, 1.807) is 0 Å². The lowest BCUT2D eigenvalue weighted by Gasteiger charge is -2.31. The van der Waals surface area contributed by atoms with E-state index >= 15 is 0 Å². The molecule has 2 aliphatic rings. The molecule has 0 heterocycles. The second-order valence-electron chi connectivity index (χ2n) is 22.2. The quantitative estimate of drug-likeness (QED) is 0.101. The third kappa shape index (κ3) is 8.22. The monoisotopic (exact) mass is 940 g/mol. The average molecular weight is 941 g/mol. The van der Waals surface area contributed by atoms with Crippen LogP contribution in [-0.4, -0.2) is 16.1 Å². The summed E-state index contributed by atoms with van der Waals surface area (Å²) < 4.78 is 0. The van der Waals surface area contributed by atoms with Crippen molar-refractivity contribution in [1.82, 2.24) is 0 Å². The fraction of sp³-hybridized carbons (Fsp3) is 0.188. The zero-order valence-corrected chi connectivity index (χ0v) is 44.1. The Morgan fingerprint density at radius 3 is 1.07 bits per heavy atom. The molecule has 4 nitrogen and oxygen atoms in total. The Bertz CT molecular complexity index is 3210. The van der Waals surface area contributed by atoms with E-state index in [4.69, 9.17) is 0 Å². The number of rotatable bonds is 10. The Hall–Kier alpha value is -7.49. The minimum atomic E-state index is -1.48. The summed E-state index contributed by atoms with van der Waals surface area (Å²) >= 11 is 0. The van der Waals surface area contributed by atoms with Crippen LogP contribution in [0, 0.1) is 22.7 Å². The number of hydrogen-bond acceptors (Lipinski definition) is 4. The van der Waals surface area contributed by atoms with E-state index in [1.807, 2.05) is 24.3 Å². The van der Waals surface area contributed by atoms with Crippen molar-refractivity contribution in [2.24, 2.45) is 0 Å². The van der Waals surface area contributed by atoms with E-state index in [1.165, 1.54) is 66.0 Å². The summed E-state index contributed by atoms with van der Waals surface area (Å²) in [6, 6.07) is 66.3. The fourth-order valence-corrected chi connectivity index (χ4v) is 13.0. The first-order valence-electron chi connectivity index (χ1n) is 24.4. The fourth-order valence-electron chi connectivity index (χ4n) is 10.6. The lowest BCUT2D eigenvalue weighted by atomic mass is 9.81. The molecule has 0 spiro atoms. The number of nitriles is 2. The van der Waals surface area contributed by atoms with Crippen molar-refractivity contribution in [1.29, 1.82) is 10.5 Å². The third-order valence-corrected chi connectivity index (χ3v) is 19.0.